The van der Waals surface area contributed by atoms with E-state index < -0.39 is 12.0 Å². The fraction of sp³-hybridized carbons (Fsp3) is 0.389. The highest BCUT2D eigenvalue weighted by molar-refractivity contribution is 5.73. The fourth-order valence-electron chi connectivity index (χ4n) is 3.31. The molecule has 23 heavy (non-hydrogen) atoms. The number of carboxylic acids is 1. The van der Waals surface area contributed by atoms with E-state index in [1.165, 1.54) is 0 Å². The Kier molecular flexibility index (Phi) is 4.67. The molecular weight excluding hydrogens is 290 g/mol. The first-order valence-corrected chi connectivity index (χ1v) is 7.99. The van der Waals surface area contributed by atoms with Crippen LogP contribution in [0.1, 0.15) is 42.3 Å². The summed E-state index contributed by atoms with van der Waals surface area (Å²) in [5, 5.41) is 9.63. The van der Waals surface area contributed by atoms with Gasteiger partial charge in [-0.25, -0.2) is 0 Å². The van der Waals surface area contributed by atoms with Crippen molar-refractivity contribution in [3.63, 3.8) is 0 Å². The summed E-state index contributed by atoms with van der Waals surface area (Å²) >= 11 is 0. The number of aryl methyl sites for hydroxylation is 1. The van der Waals surface area contributed by atoms with E-state index in [-0.39, 0.29) is 6.04 Å². The lowest BCUT2D eigenvalue weighted by atomic mass is 9.95. The van der Waals surface area contributed by atoms with Crippen molar-refractivity contribution in [2.45, 2.75) is 38.3 Å². The van der Waals surface area contributed by atoms with E-state index in [1.807, 2.05) is 43.5 Å². The minimum Gasteiger partial charge on any atom is -0.480 e. The van der Waals surface area contributed by atoms with Gasteiger partial charge in [0.1, 0.15) is 6.04 Å². The molecule has 1 saturated heterocycles. The lowest BCUT2D eigenvalue weighted by Crippen LogP contribution is -2.47. The molecule has 120 valence electrons. The molecule has 5 heteroatoms. The van der Waals surface area contributed by atoms with Crippen LogP contribution in [-0.2, 0) is 4.79 Å². The summed E-state index contributed by atoms with van der Waals surface area (Å²) in [6, 6.07) is 9.13. The Hall–Kier alpha value is -2.27. The molecule has 0 bridgehead atoms. The number of rotatable bonds is 4. The van der Waals surface area contributed by atoms with Crippen molar-refractivity contribution < 1.29 is 9.90 Å². The Morgan fingerprint density at radius 3 is 2.87 bits per heavy atom. The van der Waals surface area contributed by atoms with Gasteiger partial charge < -0.3 is 5.11 Å². The number of likely N-dealkylation sites (tertiary alicyclic amines) is 1. The average Bonchev–Trinajstić information content (AvgIpc) is 2.56. The predicted molar refractivity (Wildman–Crippen MR) is 87.0 cm³/mol. The molecule has 3 rings (SSSR count). The van der Waals surface area contributed by atoms with Crippen LogP contribution in [0.25, 0.3) is 0 Å². The Morgan fingerprint density at radius 1 is 1.30 bits per heavy atom. The molecule has 0 aliphatic carbocycles. The van der Waals surface area contributed by atoms with E-state index >= 15 is 0 Å². The first-order chi connectivity index (χ1) is 11.2. The number of hydrogen-bond donors (Lipinski definition) is 1. The minimum atomic E-state index is -0.758. The van der Waals surface area contributed by atoms with Crippen LogP contribution in [0.4, 0.5) is 0 Å². The van der Waals surface area contributed by atoms with Gasteiger partial charge in [-0.15, -0.1) is 0 Å². The van der Waals surface area contributed by atoms with Gasteiger partial charge in [-0.05, 0) is 50.1 Å². The summed E-state index contributed by atoms with van der Waals surface area (Å²) in [5.41, 5.74) is 2.80. The van der Waals surface area contributed by atoms with Crippen LogP contribution in [0.5, 0.6) is 0 Å². The van der Waals surface area contributed by atoms with Crippen molar-refractivity contribution in [1.82, 2.24) is 14.9 Å². The summed E-state index contributed by atoms with van der Waals surface area (Å²) < 4.78 is 0. The van der Waals surface area contributed by atoms with Crippen molar-refractivity contribution >= 4 is 5.97 Å². The van der Waals surface area contributed by atoms with Gasteiger partial charge in [-0.3, -0.25) is 19.7 Å². The maximum absolute atomic E-state index is 11.7. The molecule has 2 aromatic rings. The first-order valence-electron chi connectivity index (χ1n) is 7.99. The summed E-state index contributed by atoms with van der Waals surface area (Å²) in [6.45, 7) is 2.71. The molecule has 0 amide bonds. The molecule has 5 nitrogen and oxygen atoms in total. The second kappa shape index (κ2) is 6.87. The molecule has 1 aliphatic heterocycles. The second-order valence-electron chi connectivity index (χ2n) is 5.98. The minimum absolute atomic E-state index is 0.176. The first kappa shape index (κ1) is 15.6. The molecule has 2 aromatic heterocycles. The normalized spacial score (nSPS) is 20.1. The molecular formula is C18H21N3O2. The Morgan fingerprint density at radius 2 is 2.17 bits per heavy atom. The summed E-state index contributed by atoms with van der Waals surface area (Å²) in [5.74, 6) is -0.758. The van der Waals surface area contributed by atoms with Crippen LogP contribution < -0.4 is 0 Å². The van der Waals surface area contributed by atoms with Crippen LogP contribution in [0.15, 0.2) is 42.7 Å². The third-order valence-electron chi connectivity index (χ3n) is 4.35. The van der Waals surface area contributed by atoms with Gasteiger partial charge in [0.25, 0.3) is 0 Å². The van der Waals surface area contributed by atoms with Gasteiger partial charge in [0.2, 0.25) is 0 Å². The maximum atomic E-state index is 11.7. The lowest BCUT2D eigenvalue weighted by molar-refractivity contribution is -0.145. The molecule has 2 atom stereocenters. The van der Waals surface area contributed by atoms with Crippen molar-refractivity contribution in [2.24, 2.45) is 0 Å². The highest BCUT2D eigenvalue weighted by Crippen LogP contribution is 2.33. The molecule has 1 N–H and O–H groups in total. The number of carboxylic acid groups (broad SMARTS) is 1. The van der Waals surface area contributed by atoms with Gasteiger partial charge in [0.15, 0.2) is 0 Å². The Labute approximate surface area is 136 Å². The van der Waals surface area contributed by atoms with Crippen molar-refractivity contribution in [2.75, 3.05) is 6.54 Å². The summed E-state index contributed by atoms with van der Waals surface area (Å²) in [6.07, 6.45) is 6.18. The standard InChI is InChI=1S/C18H21N3O2/c1-13-6-4-8-15(20-13)17(14-7-5-10-19-12-14)21-11-3-2-9-16(21)18(22)23/h4-8,10,12,16-17H,2-3,9,11H2,1H3,(H,22,23). The quantitative estimate of drug-likeness (QED) is 0.940. The molecule has 0 radical (unpaired) electrons. The monoisotopic (exact) mass is 311 g/mol. The zero-order valence-corrected chi connectivity index (χ0v) is 13.2. The van der Waals surface area contributed by atoms with Crippen LogP contribution >= 0.6 is 0 Å². The van der Waals surface area contributed by atoms with Gasteiger partial charge >= 0.3 is 5.97 Å². The summed E-state index contributed by atoms with van der Waals surface area (Å²) in [7, 11) is 0. The second-order valence-corrected chi connectivity index (χ2v) is 5.98. The topological polar surface area (TPSA) is 66.3 Å². The van der Waals surface area contributed by atoms with Crippen molar-refractivity contribution in [3.05, 3.63) is 59.7 Å². The summed E-state index contributed by atoms with van der Waals surface area (Å²) in [4.78, 5) is 22.7. The van der Waals surface area contributed by atoms with E-state index in [9.17, 15) is 9.90 Å². The van der Waals surface area contributed by atoms with Crippen LogP contribution in [0, 0.1) is 6.92 Å². The lowest BCUT2D eigenvalue weighted by Gasteiger charge is -2.39. The Balaban J connectivity index is 2.06. The predicted octanol–water partition coefficient (Wildman–Crippen LogP) is 2.81. The van der Waals surface area contributed by atoms with Crippen LogP contribution in [0.2, 0.25) is 0 Å². The number of piperidine rings is 1. The van der Waals surface area contributed by atoms with Gasteiger partial charge in [-0.2, -0.15) is 0 Å². The molecule has 1 aliphatic rings. The molecule has 2 unspecified atom stereocenters. The molecule has 1 fully saturated rings. The van der Waals surface area contributed by atoms with E-state index in [2.05, 4.69) is 14.9 Å². The van der Waals surface area contributed by atoms with E-state index in [1.54, 1.807) is 6.20 Å². The molecule has 0 aromatic carbocycles. The fourth-order valence-corrected chi connectivity index (χ4v) is 3.31. The zero-order chi connectivity index (χ0) is 16.2. The zero-order valence-electron chi connectivity index (χ0n) is 13.2. The molecule has 3 heterocycles. The van der Waals surface area contributed by atoms with E-state index in [0.717, 1.165) is 36.3 Å². The Bertz CT molecular complexity index is 675. The van der Waals surface area contributed by atoms with Crippen molar-refractivity contribution in [1.29, 1.82) is 0 Å². The van der Waals surface area contributed by atoms with Gasteiger partial charge in [0, 0.05) is 18.1 Å². The third kappa shape index (κ3) is 3.40. The number of pyridine rings is 2. The van der Waals surface area contributed by atoms with Crippen molar-refractivity contribution in [3.8, 4) is 0 Å². The third-order valence-corrected chi connectivity index (χ3v) is 4.35. The molecule has 0 saturated carbocycles. The highest BCUT2D eigenvalue weighted by atomic mass is 16.4. The SMILES string of the molecule is Cc1cccc(C(c2cccnc2)N2CCCCC2C(=O)O)n1. The number of aliphatic carboxylic acids is 1. The maximum Gasteiger partial charge on any atom is 0.320 e. The largest absolute Gasteiger partial charge is 0.480 e. The number of aromatic nitrogens is 2. The number of nitrogens with zero attached hydrogens (tertiary/aromatic N) is 3. The average molecular weight is 311 g/mol. The van der Waals surface area contributed by atoms with Gasteiger partial charge in [-0.1, -0.05) is 18.6 Å². The van der Waals surface area contributed by atoms with Gasteiger partial charge in [0.05, 0.1) is 11.7 Å². The smallest absolute Gasteiger partial charge is 0.320 e. The van der Waals surface area contributed by atoms with E-state index in [0.29, 0.717) is 6.42 Å². The number of carbonyl (C=O) groups is 1. The highest BCUT2D eigenvalue weighted by Gasteiger charge is 2.35. The number of hydrogen-bond acceptors (Lipinski definition) is 4. The molecule has 0 spiro atoms. The van der Waals surface area contributed by atoms with E-state index in [4.69, 9.17) is 0 Å². The van der Waals surface area contributed by atoms with Crippen LogP contribution in [-0.4, -0.2) is 38.5 Å². The van der Waals surface area contributed by atoms with Crippen LogP contribution in [0.3, 0.4) is 0 Å².